The third-order valence-electron chi connectivity index (χ3n) is 2.94. The fourth-order valence-corrected chi connectivity index (χ4v) is 2.04. The number of fused-ring (bicyclic) bond motifs is 1. The molecule has 106 valence electrons. The normalized spacial score (nSPS) is 10.7. The summed E-state index contributed by atoms with van der Waals surface area (Å²) < 4.78 is 5.01. The molecule has 2 aromatic heterocycles. The van der Waals surface area contributed by atoms with E-state index in [-0.39, 0.29) is 5.69 Å². The van der Waals surface area contributed by atoms with E-state index in [0.29, 0.717) is 34.9 Å². The first-order valence-electron chi connectivity index (χ1n) is 6.20. The van der Waals surface area contributed by atoms with Crippen molar-refractivity contribution in [3.8, 4) is 0 Å². The quantitative estimate of drug-likeness (QED) is 0.579. The molecule has 8 nitrogen and oxygen atoms in total. The van der Waals surface area contributed by atoms with Gasteiger partial charge in [0.1, 0.15) is 5.52 Å². The Hall–Kier alpha value is -3.03. The average Bonchev–Trinajstić information content (AvgIpc) is 2.90. The van der Waals surface area contributed by atoms with Gasteiger partial charge in [0.05, 0.1) is 22.5 Å². The van der Waals surface area contributed by atoms with Crippen molar-refractivity contribution in [2.75, 3.05) is 5.32 Å². The van der Waals surface area contributed by atoms with Crippen LogP contribution in [0.2, 0.25) is 0 Å². The van der Waals surface area contributed by atoms with Crippen LogP contribution in [-0.2, 0) is 6.54 Å². The number of aryl methyl sites for hydroxylation is 1. The molecule has 2 heterocycles. The summed E-state index contributed by atoms with van der Waals surface area (Å²) in [7, 11) is 0. The fourth-order valence-electron chi connectivity index (χ4n) is 2.04. The molecule has 0 aliphatic heterocycles. The van der Waals surface area contributed by atoms with Crippen molar-refractivity contribution >= 4 is 22.3 Å². The number of non-ortho nitro benzene ring substituents is 1. The number of rotatable bonds is 4. The molecule has 0 atom stereocenters. The van der Waals surface area contributed by atoms with Crippen molar-refractivity contribution in [2.45, 2.75) is 13.5 Å². The number of nitrogens with zero attached hydrogens (tertiary/aromatic N) is 4. The molecule has 21 heavy (non-hydrogen) atoms. The van der Waals surface area contributed by atoms with Gasteiger partial charge in [-0.05, 0) is 25.1 Å². The van der Waals surface area contributed by atoms with Gasteiger partial charge in [0.25, 0.3) is 5.69 Å². The van der Waals surface area contributed by atoms with Crippen LogP contribution in [0.25, 0.3) is 10.9 Å². The smallest absolute Gasteiger partial charge is 0.278 e. The molecule has 1 N–H and O–H groups in total. The summed E-state index contributed by atoms with van der Waals surface area (Å²) >= 11 is 0. The summed E-state index contributed by atoms with van der Waals surface area (Å²) in [6, 6.07) is 6.41. The monoisotopic (exact) mass is 285 g/mol. The van der Waals surface area contributed by atoms with E-state index in [4.69, 9.17) is 4.52 Å². The Morgan fingerprint density at radius 3 is 2.95 bits per heavy atom. The summed E-state index contributed by atoms with van der Waals surface area (Å²) in [5.41, 5.74) is 1.23. The van der Waals surface area contributed by atoms with E-state index >= 15 is 0 Å². The highest BCUT2D eigenvalue weighted by Gasteiger charge is 2.15. The van der Waals surface area contributed by atoms with Crippen molar-refractivity contribution in [3.05, 3.63) is 52.3 Å². The third kappa shape index (κ3) is 2.50. The van der Waals surface area contributed by atoms with E-state index in [1.165, 1.54) is 6.07 Å². The maximum Gasteiger partial charge on any atom is 0.278 e. The van der Waals surface area contributed by atoms with E-state index in [9.17, 15) is 10.1 Å². The number of aromatic nitrogens is 3. The number of hydrogen-bond donors (Lipinski definition) is 1. The second kappa shape index (κ2) is 5.16. The molecule has 0 bridgehead atoms. The largest absolute Gasteiger partial charge is 0.374 e. The Balaban J connectivity index is 1.96. The van der Waals surface area contributed by atoms with Gasteiger partial charge in [0.2, 0.25) is 5.89 Å². The zero-order chi connectivity index (χ0) is 14.8. The lowest BCUT2D eigenvalue weighted by Crippen LogP contribution is -2.02. The minimum Gasteiger partial charge on any atom is -0.374 e. The summed E-state index contributed by atoms with van der Waals surface area (Å²) in [5, 5.41) is 18.3. The van der Waals surface area contributed by atoms with Gasteiger partial charge in [0, 0.05) is 12.3 Å². The lowest BCUT2D eigenvalue weighted by molar-refractivity contribution is -0.383. The molecule has 3 aromatic rings. The Kier molecular flexibility index (Phi) is 3.19. The Labute approximate surface area is 119 Å². The molecule has 0 radical (unpaired) electrons. The molecule has 3 rings (SSSR count). The molecule has 0 saturated heterocycles. The van der Waals surface area contributed by atoms with Crippen LogP contribution in [0.15, 0.2) is 35.0 Å². The van der Waals surface area contributed by atoms with E-state index in [2.05, 4.69) is 20.4 Å². The van der Waals surface area contributed by atoms with E-state index in [0.717, 1.165) is 0 Å². The van der Waals surface area contributed by atoms with E-state index in [1.54, 1.807) is 31.3 Å². The minimum atomic E-state index is -0.421. The number of anilines is 1. The fraction of sp³-hybridized carbons (Fsp3) is 0.154. The van der Waals surface area contributed by atoms with Crippen LogP contribution < -0.4 is 5.32 Å². The zero-order valence-electron chi connectivity index (χ0n) is 11.1. The van der Waals surface area contributed by atoms with Crippen molar-refractivity contribution in [2.24, 2.45) is 0 Å². The third-order valence-corrected chi connectivity index (χ3v) is 2.94. The first-order chi connectivity index (χ1) is 10.1. The van der Waals surface area contributed by atoms with Crippen LogP contribution in [0, 0.1) is 17.0 Å². The standard InChI is InChI=1S/C13H11N5O3/c1-8-16-12(21-17-8)7-15-10-4-5-11(18(19)20)9-3-2-6-14-13(9)10/h2-6,15H,7H2,1H3. The van der Waals surface area contributed by atoms with Gasteiger partial charge in [-0.3, -0.25) is 15.1 Å². The van der Waals surface area contributed by atoms with Gasteiger partial charge in [-0.15, -0.1) is 0 Å². The molecule has 0 aliphatic carbocycles. The average molecular weight is 285 g/mol. The Bertz CT molecular complexity index is 814. The second-order valence-electron chi connectivity index (χ2n) is 4.38. The van der Waals surface area contributed by atoms with Gasteiger partial charge in [-0.2, -0.15) is 4.98 Å². The van der Waals surface area contributed by atoms with Gasteiger partial charge >= 0.3 is 0 Å². The number of nitrogens with one attached hydrogen (secondary N) is 1. The second-order valence-corrected chi connectivity index (χ2v) is 4.38. The SMILES string of the molecule is Cc1noc(CNc2ccc([N+](=O)[O-])c3cccnc23)n1. The van der Waals surface area contributed by atoms with Crippen LogP contribution in [0.3, 0.4) is 0 Å². The summed E-state index contributed by atoms with van der Waals surface area (Å²) in [6.07, 6.45) is 1.59. The molecular weight excluding hydrogens is 274 g/mol. The molecule has 1 aromatic carbocycles. The predicted octanol–water partition coefficient (Wildman–Crippen LogP) is 2.45. The van der Waals surface area contributed by atoms with Crippen LogP contribution in [0.5, 0.6) is 0 Å². The van der Waals surface area contributed by atoms with Crippen LogP contribution in [0.1, 0.15) is 11.7 Å². The lowest BCUT2D eigenvalue weighted by atomic mass is 10.1. The topological polar surface area (TPSA) is 107 Å². The number of benzene rings is 1. The number of hydrogen-bond acceptors (Lipinski definition) is 7. The number of pyridine rings is 1. The van der Waals surface area contributed by atoms with Crippen molar-refractivity contribution in [1.82, 2.24) is 15.1 Å². The van der Waals surface area contributed by atoms with Gasteiger partial charge in [0.15, 0.2) is 5.82 Å². The molecule has 0 fully saturated rings. The van der Waals surface area contributed by atoms with Crippen molar-refractivity contribution < 1.29 is 9.45 Å². The maximum atomic E-state index is 11.0. The minimum absolute atomic E-state index is 0.0253. The Morgan fingerprint density at radius 1 is 1.38 bits per heavy atom. The van der Waals surface area contributed by atoms with Crippen molar-refractivity contribution in [3.63, 3.8) is 0 Å². The zero-order valence-corrected chi connectivity index (χ0v) is 11.1. The molecule has 0 amide bonds. The summed E-state index contributed by atoms with van der Waals surface area (Å²) in [4.78, 5) is 18.9. The number of nitro benzene ring substituents is 1. The van der Waals surface area contributed by atoms with Crippen LogP contribution >= 0.6 is 0 Å². The maximum absolute atomic E-state index is 11.0. The lowest BCUT2D eigenvalue weighted by Gasteiger charge is -2.07. The number of nitro groups is 1. The molecular formula is C13H11N5O3. The van der Waals surface area contributed by atoms with Crippen LogP contribution in [-0.4, -0.2) is 20.0 Å². The molecule has 0 aliphatic rings. The Morgan fingerprint density at radius 2 is 2.24 bits per heavy atom. The summed E-state index contributed by atoms with van der Waals surface area (Å²) in [6.45, 7) is 2.06. The van der Waals surface area contributed by atoms with Gasteiger partial charge in [-0.25, -0.2) is 0 Å². The van der Waals surface area contributed by atoms with Gasteiger partial charge in [-0.1, -0.05) is 5.16 Å². The molecule has 8 heteroatoms. The highest BCUT2D eigenvalue weighted by Crippen LogP contribution is 2.29. The van der Waals surface area contributed by atoms with Crippen LogP contribution in [0.4, 0.5) is 11.4 Å². The molecule has 0 spiro atoms. The van der Waals surface area contributed by atoms with E-state index in [1.807, 2.05) is 0 Å². The molecule has 0 saturated carbocycles. The van der Waals surface area contributed by atoms with Crippen molar-refractivity contribution in [1.29, 1.82) is 0 Å². The summed E-state index contributed by atoms with van der Waals surface area (Å²) in [5.74, 6) is 0.994. The predicted molar refractivity (Wildman–Crippen MR) is 74.8 cm³/mol. The van der Waals surface area contributed by atoms with Gasteiger partial charge < -0.3 is 9.84 Å². The first kappa shape index (κ1) is 13.0. The van der Waals surface area contributed by atoms with E-state index < -0.39 is 4.92 Å². The first-order valence-corrected chi connectivity index (χ1v) is 6.20. The highest BCUT2D eigenvalue weighted by molar-refractivity contribution is 5.96. The highest BCUT2D eigenvalue weighted by atomic mass is 16.6. The molecule has 0 unspecified atom stereocenters.